The SMILES string of the molecule is CN=C(NCc1ccc(C#N)cc1)NCc1ccc(C)cc1OCCOC. The van der Waals surface area contributed by atoms with Gasteiger partial charge in [-0.05, 0) is 36.2 Å². The highest BCUT2D eigenvalue weighted by molar-refractivity contribution is 5.79. The summed E-state index contributed by atoms with van der Waals surface area (Å²) in [5, 5.41) is 15.4. The fourth-order valence-corrected chi connectivity index (χ4v) is 2.46. The first-order chi connectivity index (χ1) is 13.2. The maximum atomic E-state index is 8.86. The van der Waals surface area contributed by atoms with Gasteiger partial charge in [0.2, 0.25) is 0 Å². The zero-order chi connectivity index (χ0) is 19.5. The summed E-state index contributed by atoms with van der Waals surface area (Å²) in [7, 11) is 3.39. The van der Waals surface area contributed by atoms with Gasteiger partial charge in [-0.15, -0.1) is 0 Å². The normalized spacial score (nSPS) is 11.0. The van der Waals surface area contributed by atoms with Gasteiger partial charge < -0.3 is 20.1 Å². The second-order valence-corrected chi connectivity index (χ2v) is 6.04. The molecule has 0 unspecified atom stereocenters. The number of aliphatic imine (C=N–C) groups is 1. The number of benzene rings is 2. The Morgan fingerprint density at radius 3 is 2.48 bits per heavy atom. The first-order valence-corrected chi connectivity index (χ1v) is 8.81. The van der Waals surface area contributed by atoms with E-state index in [0.717, 1.165) is 22.4 Å². The van der Waals surface area contributed by atoms with Crippen LogP contribution >= 0.6 is 0 Å². The predicted molar refractivity (Wildman–Crippen MR) is 107 cm³/mol. The molecule has 6 nitrogen and oxygen atoms in total. The molecule has 0 atom stereocenters. The van der Waals surface area contributed by atoms with Crippen molar-refractivity contribution in [2.75, 3.05) is 27.4 Å². The van der Waals surface area contributed by atoms with Crippen molar-refractivity contribution in [3.8, 4) is 11.8 Å². The second kappa shape index (κ2) is 10.8. The summed E-state index contributed by atoms with van der Waals surface area (Å²) in [5.41, 5.74) is 3.94. The van der Waals surface area contributed by atoms with Crippen LogP contribution in [0.15, 0.2) is 47.5 Å². The Labute approximate surface area is 160 Å². The van der Waals surface area contributed by atoms with Gasteiger partial charge in [0.15, 0.2) is 5.96 Å². The predicted octanol–water partition coefficient (Wildman–Crippen LogP) is 2.76. The molecule has 2 aromatic rings. The summed E-state index contributed by atoms with van der Waals surface area (Å²) in [4.78, 5) is 4.26. The van der Waals surface area contributed by atoms with Crippen LogP contribution in [0.4, 0.5) is 0 Å². The van der Waals surface area contributed by atoms with Gasteiger partial charge in [0.05, 0.1) is 18.2 Å². The number of methoxy groups -OCH3 is 1. The van der Waals surface area contributed by atoms with E-state index < -0.39 is 0 Å². The lowest BCUT2D eigenvalue weighted by atomic mass is 10.1. The lowest BCUT2D eigenvalue weighted by molar-refractivity contribution is 0.145. The third-order valence-corrected chi connectivity index (χ3v) is 3.98. The molecule has 0 fully saturated rings. The number of nitrogens with one attached hydrogen (secondary N) is 2. The van der Waals surface area contributed by atoms with Gasteiger partial charge in [-0.3, -0.25) is 4.99 Å². The molecule has 0 aliphatic heterocycles. The molecule has 0 saturated carbocycles. The standard InChI is InChI=1S/C21H26N4O2/c1-16-4-9-19(20(12-16)27-11-10-26-3)15-25-21(23-2)24-14-18-7-5-17(13-22)6-8-18/h4-9,12H,10-11,14-15H2,1-3H3,(H2,23,24,25). The largest absolute Gasteiger partial charge is 0.491 e. The number of aryl methyl sites for hydroxylation is 1. The summed E-state index contributed by atoms with van der Waals surface area (Å²) < 4.78 is 10.9. The third kappa shape index (κ3) is 6.65. The number of hydrogen-bond donors (Lipinski definition) is 2. The first-order valence-electron chi connectivity index (χ1n) is 8.81. The highest BCUT2D eigenvalue weighted by Gasteiger charge is 2.06. The fourth-order valence-electron chi connectivity index (χ4n) is 2.46. The number of hydrogen-bond acceptors (Lipinski definition) is 4. The summed E-state index contributed by atoms with van der Waals surface area (Å²) in [6, 6.07) is 15.7. The van der Waals surface area contributed by atoms with Crippen molar-refractivity contribution in [3.63, 3.8) is 0 Å². The van der Waals surface area contributed by atoms with Gasteiger partial charge in [-0.25, -0.2) is 0 Å². The summed E-state index contributed by atoms with van der Waals surface area (Å²) >= 11 is 0. The summed E-state index contributed by atoms with van der Waals surface area (Å²) in [5.74, 6) is 1.55. The maximum absolute atomic E-state index is 8.86. The molecule has 0 aliphatic rings. The quantitative estimate of drug-likeness (QED) is 0.427. The van der Waals surface area contributed by atoms with E-state index in [1.165, 1.54) is 0 Å². The van der Waals surface area contributed by atoms with E-state index in [-0.39, 0.29) is 0 Å². The van der Waals surface area contributed by atoms with Crippen LogP contribution in [0.1, 0.15) is 22.3 Å². The van der Waals surface area contributed by atoms with Crippen molar-refractivity contribution in [3.05, 3.63) is 64.7 Å². The Balaban J connectivity index is 1.92. The van der Waals surface area contributed by atoms with Crippen molar-refractivity contribution in [1.82, 2.24) is 10.6 Å². The average molecular weight is 366 g/mol. The summed E-state index contributed by atoms with van der Waals surface area (Å²) in [6.45, 7) is 4.32. The zero-order valence-corrected chi connectivity index (χ0v) is 16.1. The zero-order valence-electron chi connectivity index (χ0n) is 16.1. The van der Waals surface area contributed by atoms with Crippen LogP contribution in [0.3, 0.4) is 0 Å². The summed E-state index contributed by atoms with van der Waals surface area (Å²) in [6.07, 6.45) is 0. The van der Waals surface area contributed by atoms with E-state index >= 15 is 0 Å². The monoisotopic (exact) mass is 366 g/mol. The molecule has 27 heavy (non-hydrogen) atoms. The van der Waals surface area contributed by atoms with Crippen molar-refractivity contribution >= 4 is 5.96 Å². The molecule has 142 valence electrons. The van der Waals surface area contributed by atoms with Gasteiger partial charge in [0.1, 0.15) is 12.4 Å². The number of rotatable bonds is 8. The van der Waals surface area contributed by atoms with Crippen LogP contribution in [0.2, 0.25) is 0 Å². The Morgan fingerprint density at radius 1 is 1.07 bits per heavy atom. The van der Waals surface area contributed by atoms with E-state index in [0.29, 0.717) is 37.8 Å². The smallest absolute Gasteiger partial charge is 0.191 e. The average Bonchev–Trinajstić information content (AvgIpc) is 2.70. The van der Waals surface area contributed by atoms with E-state index in [9.17, 15) is 0 Å². The van der Waals surface area contributed by atoms with E-state index in [4.69, 9.17) is 14.7 Å². The van der Waals surface area contributed by atoms with E-state index in [2.05, 4.69) is 33.8 Å². The molecule has 0 radical (unpaired) electrons. The van der Waals surface area contributed by atoms with Crippen LogP contribution in [0.25, 0.3) is 0 Å². The van der Waals surface area contributed by atoms with Crippen molar-refractivity contribution in [2.24, 2.45) is 4.99 Å². The Kier molecular flexibility index (Phi) is 8.14. The Bertz CT molecular complexity index is 795. The van der Waals surface area contributed by atoms with Crippen LogP contribution in [0, 0.1) is 18.3 Å². The molecule has 0 bridgehead atoms. The maximum Gasteiger partial charge on any atom is 0.191 e. The van der Waals surface area contributed by atoms with Crippen molar-refractivity contribution in [1.29, 1.82) is 5.26 Å². The fraction of sp³-hybridized carbons (Fsp3) is 0.333. The van der Waals surface area contributed by atoms with Gasteiger partial charge >= 0.3 is 0 Å². The molecule has 2 aromatic carbocycles. The first kappa shape index (κ1) is 20.3. The molecule has 0 spiro atoms. The van der Waals surface area contributed by atoms with Gasteiger partial charge in [-0.2, -0.15) is 5.26 Å². The van der Waals surface area contributed by atoms with E-state index in [1.54, 1.807) is 14.2 Å². The van der Waals surface area contributed by atoms with Gasteiger partial charge in [0.25, 0.3) is 0 Å². The number of guanidine groups is 1. The molecule has 2 N–H and O–H groups in total. The Morgan fingerprint density at radius 2 is 1.81 bits per heavy atom. The van der Waals surface area contributed by atoms with E-state index in [1.807, 2.05) is 37.3 Å². The van der Waals surface area contributed by atoms with Gasteiger partial charge in [-0.1, -0.05) is 24.3 Å². The molecule has 0 aliphatic carbocycles. The molecular formula is C21H26N4O2. The number of nitrogens with zero attached hydrogens (tertiary/aromatic N) is 2. The lowest BCUT2D eigenvalue weighted by Gasteiger charge is -2.15. The molecule has 0 aromatic heterocycles. The molecular weight excluding hydrogens is 340 g/mol. The number of ether oxygens (including phenoxy) is 2. The highest BCUT2D eigenvalue weighted by atomic mass is 16.5. The molecule has 0 saturated heterocycles. The van der Waals surface area contributed by atoms with Crippen LogP contribution in [0.5, 0.6) is 5.75 Å². The van der Waals surface area contributed by atoms with Crippen LogP contribution in [-0.4, -0.2) is 33.3 Å². The van der Waals surface area contributed by atoms with Crippen molar-refractivity contribution < 1.29 is 9.47 Å². The minimum Gasteiger partial charge on any atom is -0.491 e. The van der Waals surface area contributed by atoms with Gasteiger partial charge in [0, 0.05) is 32.8 Å². The second-order valence-electron chi connectivity index (χ2n) is 6.04. The van der Waals surface area contributed by atoms with Crippen LogP contribution < -0.4 is 15.4 Å². The molecule has 0 amide bonds. The molecule has 6 heteroatoms. The number of nitriles is 1. The minimum absolute atomic E-state index is 0.513. The van der Waals surface area contributed by atoms with Crippen molar-refractivity contribution in [2.45, 2.75) is 20.0 Å². The molecule has 2 rings (SSSR count). The Hall–Kier alpha value is -3.04. The minimum atomic E-state index is 0.513. The topological polar surface area (TPSA) is 78.7 Å². The highest BCUT2D eigenvalue weighted by Crippen LogP contribution is 2.20. The van der Waals surface area contributed by atoms with Crippen LogP contribution in [-0.2, 0) is 17.8 Å². The lowest BCUT2D eigenvalue weighted by Crippen LogP contribution is -2.36. The third-order valence-electron chi connectivity index (χ3n) is 3.98. The molecule has 0 heterocycles.